The second-order valence-electron chi connectivity index (χ2n) is 5.82. The molecule has 0 saturated carbocycles. The average Bonchev–Trinajstić information content (AvgIpc) is 3.13. The van der Waals surface area contributed by atoms with Crippen LogP contribution < -0.4 is 5.73 Å². The molecule has 1 fully saturated rings. The number of alkyl halides is 5. The van der Waals surface area contributed by atoms with Crippen LogP contribution in [0.4, 0.5) is 22.0 Å². The van der Waals surface area contributed by atoms with Crippen molar-refractivity contribution in [3.63, 3.8) is 0 Å². The Morgan fingerprint density at radius 1 is 1.38 bits per heavy atom. The van der Waals surface area contributed by atoms with E-state index in [1.165, 1.54) is 6.07 Å². The Labute approximate surface area is 135 Å². The lowest BCUT2D eigenvalue weighted by Crippen LogP contribution is -2.26. The molecule has 134 valence electrons. The van der Waals surface area contributed by atoms with Gasteiger partial charge in [-0.15, -0.1) is 0 Å². The molecule has 1 aromatic heterocycles. The van der Waals surface area contributed by atoms with Crippen molar-refractivity contribution in [2.24, 2.45) is 11.7 Å². The van der Waals surface area contributed by atoms with E-state index in [2.05, 4.69) is 4.98 Å². The molecular weight excluding hydrogens is 333 g/mol. The number of hydrogen-bond donors (Lipinski definition) is 1. The van der Waals surface area contributed by atoms with E-state index in [1.807, 2.05) is 0 Å². The maximum atomic E-state index is 12.9. The van der Waals surface area contributed by atoms with Crippen molar-refractivity contribution in [2.75, 3.05) is 13.2 Å². The minimum atomic E-state index is -4.56. The molecule has 1 saturated heterocycles. The predicted octanol–water partition coefficient (Wildman–Crippen LogP) is 3.60. The summed E-state index contributed by atoms with van der Waals surface area (Å²) >= 11 is 0. The first-order valence-electron chi connectivity index (χ1n) is 7.46. The lowest BCUT2D eigenvalue weighted by atomic mass is 9.99. The van der Waals surface area contributed by atoms with Crippen molar-refractivity contribution in [1.29, 1.82) is 0 Å². The summed E-state index contributed by atoms with van der Waals surface area (Å²) in [6.07, 6.45) is -6.63. The number of aromatic nitrogens is 2. The molecule has 2 atom stereocenters. The van der Waals surface area contributed by atoms with E-state index in [0.717, 1.165) is 16.7 Å². The Bertz CT molecular complexity index is 728. The molecule has 2 N–H and O–H groups in total. The SMILES string of the molecule is NC(c1nc2ccc(C(F)(F)F)cc2n1CC(F)F)C1CCOC1.[HH]. The van der Waals surface area contributed by atoms with Crippen LogP contribution in [0.25, 0.3) is 11.0 Å². The molecule has 2 aromatic rings. The van der Waals surface area contributed by atoms with Gasteiger partial charge in [0, 0.05) is 14.0 Å². The highest BCUT2D eigenvalue weighted by molar-refractivity contribution is 5.77. The third-order valence-electron chi connectivity index (χ3n) is 4.20. The summed E-state index contributed by atoms with van der Waals surface area (Å²) in [6.45, 7) is 0.146. The second-order valence-corrected chi connectivity index (χ2v) is 5.82. The minimum Gasteiger partial charge on any atom is -0.381 e. The first-order chi connectivity index (χ1) is 11.3. The summed E-state index contributed by atoms with van der Waals surface area (Å²) in [6, 6.07) is 2.23. The number of halogens is 5. The largest absolute Gasteiger partial charge is 0.416 e. The van der Waals surface area contributed by atoms with Crippen LogP contribution in [0.1, 0.15) is 25.3 Å². The van der Waals surface area contributed by atoms with Gasteiger partial charge in [-0.3, -0.25) is 0 Å². The van der Waals surface area contributed by atoms with Gasteiger partial charge >= 0.3 is 6.18 Å². The second kappa shape index (κ2) is 6.29. The number of nitrogens with two attached hydrogens (primary N) is 1. The normalized spacial score (nSPS) is 20.2. The van der Waals surface area contributed by atoms with Crippen LogP contribution in [0.2, 0.25) is 0 Å². The van der Waals surface area contributed by atoms with Gasteiger partial charge in [0.25, 0.3) is 6.43 Å². The van der Waals surface area contributed by atoms with Gasteiger partial charge in [0.2, 0.25) is 0 Å². The van der Waals surface area contributed by atoms with Crippen LogP contribution >= 0.6 is 0 Å². The van der Waals surface area contributed by atoms with Crippen LogP contribution in [0.3, 0.4) is 0 Å². The molecule has 0 radical (unpaired) electrons. The number of imidazole rings is 1. The zero-order chi connectivity index (χ0) is 17.5. The molecule has 0 spiro atoms. The third kappa shape index (κ3) is 3.23. The Morgan fingerprint density at radius 2 is 2.12 bits per heavy atom. The third-order valence-corrected chi connectivity index (χ3v) is 4.20. The van der Waals surface area contributed by atoms with Crippen LogP contribution in [-0.2, 0) is 17.5 Å². The maximum Gasteiger partial charge on any atom is 0.416 e. The Balaban J connectivity index is 0.00000225. The van der Waals surface area contributed by atoms with E-state index in [4.69, 9.17) is 10.5 Å². The standard InChI is InChI=1S/C15H16F5N3O.H2/c16-12(17)6-23-11-5-9(15(18,19)20)1-2-10(11)22-14(23)13(21)8-3-4-24-7-8;/h1-2,5,8,12-13H,3-4,6-7,21H2;1H. The van der Waals surface area contributed by atoms with Gasteiger partial charge in [-0.1, -0.05) is 0 Å². The number of hydrogen-bond acceptors (Lipinski definition) is 3. The number of nitrogens with zero attached hydrogens (tertiary/aromatic N) is 2. The summed E-state index contributed by atoms with van der Waals surface area (Å²) in [4.78, 5) is 4.22. The van der Waals surface area contributed by atoms with Gasteiger partial charge in [0.05, 0.1) is 35.8 Å². The van der Waals surface area contributed by atoms with Crippen molar-refractivity contribution in [3.8, 4) is 0 Å². The number of ether oxygens (including phenoxy) is 1. The fourth-order valence-electron chi connectivity index (χ4n) is 2.95. The summed E-state index contributed by atoms with van der Waals surface area (Å²) in [5, 5.41) is 0. The lowest BCUT2D eigenvalue weighted by Gasteiger charge is -2.19. The van der Waals surface area contributed by atoms with Gasteiger partial charge in [-0.25, -0.2) is 13.8 Å². The first kappa shape index (κ1) is 17.1. The van der Waals surface area contributed by atoms with Crippen molar-refractivity contribution >= 4 is 11.0 Å². The van der Waals surface area contributed by atoms with Crippen molar-refractivity contribution in [1.82, 2.24) is 9.55 Å². The molecular formula is C15H18F5N3O. The van der Waals surface area contributed by atoms with Gasteiger partial charge in [-0.05, 0) is 24.6 Å². The smallest absolute Gasteiger partial charge is 0.381 e. The van der Waals surface area contributed by atoms with Crippen LogP contribution in [-0.4, -0.2) is 29.2 Å². The monoisotopic (exact) mass is 351 g/mol. The minimum absolute atomic E-state index is 0. The molecule has 1 aliphatic heterocycles. The average molecular weight is 351 g/mol. The van der Waals surface area contributed by atoms with Crippen LogP contribution in [0.15, 0.2) is 18.2 Å². The van der Waals surface area contributed by atoms with Crippen molar-refractivity contribution in [2.45, 2.75) is 31.6 Å². The zero-order valence-corrected chi connectivity index (χ0v) is 12.6. The van der Waals surface area contributed by atoms with E-state index in [1.54, 1.807) is 0 Å². The van der Waals surface area contributed by atoms with Crippen LogP contribution in [0, 0.1) is 5.92 Å². The van der Waals surface area contributed by atoms with Crippen LogP contribution in [0.5, 0.6) is 0 Å². The molecule has 0 bridgehead atoms. The highest BCUT2D eigenvalue weighted by Gasteiger charge is 2.33. The molecule has 24 heavy (non-hydrogen) atoms. The number of benzene rings is 1. The molecule has 0 aliphatic carbocycles. The number of rotatable bonds is 4. The fraction of sp³-hybridized carbons (Fsp3) is 0.533. The number of fused-ring (bicyclic) bond motifs is 1. The van der Waals surface area contributed by atoms with Crippen molar-refractivity contribution < 1.29 is 28.1 Å². The quantitative estimate of drug-likeness (QED) is 0.857. The lowest BCUT2D eigenvalue weighted by molar-refractivity contribution is -0.137. The Kier molecular flexibility index (Phi) is 4.48. The highest BCUT2D eigenvalue weighted by Crippen LogP contribution is 2.34. The van der Waals surface area contributed by atoms with E-state index in [9.17, 15) is 22.0 Å². The van der Waals surface area contributed by atoms with Gasteiger partial charge < -0.3 is 15.0 Å². The van der Waals surface area contributed by atoms with E-state index in [0.29, 0.717) is 19.6 Å². The molecule has 1 aromatic carbocycles. The summed E-state index contributed by atoms with van der Waals surface area (Å²) in [7, 11) is 0. The van der Waals surface area contributed by atoms with Gasteiger partial charge in [-0.2, -0.15) is 13.2 Å². The molecule has 1 aliphatic rings. The topological polar surface area (TPSA) is 53.1 Å². The molecule has 9 heteroatoms. The van der Waals surface area contributed by atoms with E-state index in [-0.39, 0.29) is 24.2 Å². The molecule has 3 rings (SSSR count). The Morgan fingerprint density at radius 3 is 2.71 bits per heavy atom. The molecule has 2 heterocycles. The Hall–Kier alpha value is -1.74. The zero-order valence-electron chi connectivity index (χ0n) is 12.6. The maximum absolute atomic E-state index is 12.9. The summed E-state index contributed by atoms with van der Waals surface area (Å²) < 4.78 is 70.9. The highest BCUT2D eigenvalue weighted by atomic mass is 19.4. The summed E-state index contributed by atoms with van der Waals surface area (Å²) in [5.74, 6) is 0.0699. The fourth-order valence-corrected chi connectivity index (χ4v) is 2.95. The van der Waals surface area contributed by atoms with Gasteiger partial charge in [0.15, 0.2) is 0 Å². The van der Waals surface area contributed by atoms with E-state index >= 15 is 0 Å². The summed E-state index contributed by atoms with van der Waals surface area (Å²) in [5.41, 5.74) is 5.45. The predicted molar refractivity (Wildman–Crippen MR) is 78.7 cm³/mol. The van der Waals surface area contributed by atoms with Gasteiger partial charge in [0.1, 0.15) is 5.82 Å². The van der Waals surface area contributed by atoms with Crippen molar-refractivity contribution in [3.05, 3.63) is 29.6 Å². The molecule has 4 nitrogen and oxygen atoms in total. The first-order valence-corrected chi connectivity index (χ1v) is 7.46. The van der Waals surface area contributed by atoms with E-state index < -0.39 is 30.8 Å². The molecule has 0 amide bonds. The molecule has 2 unspecified atom stereocenters.